The fourth-order valence-corrected chi connectivity index (χ4v) is 17.5. The number of benzene rings is 5. The number of hydrogen-bond donors (Lipinski definition) is 7. The van der Waals surface area contributed by atoms with Crippen LogP contribution in [0, 0.1) is 42.1 Å². The van der Waals surface area contributed by atoms with E-state index < -0.39 is 47.7 Å². The Kier molecular flexibility index (Phi) is 35.2. The molecule has 0 saturated carbocycles. The van der Waals surface area contributed by atoms with Crippen LogP contribution in [0.2, 0.25) is 5.02 Å². The summed E-state index contributed by atoms with van der Waals surface area (Å²) in [5.74, 6) is -0.366. The Hall–Kier alpha value is -16.6. The van der Waals surface area contributed by atoms with Crippen molar-refractivity contribution in [1.82, 2.24) is 98.2 Å². The summed E-state index contributed by atoms with van der Waals surface area (Å²) in [5, 5.41) is 94.7. The number of likely N-dealkylation sites (tertiary alicyclic amines) is 1. The number of hydrogen-bond acceptors (Lipinski definition) is 21. The van der Waals surface area contributed by atoms with Gasteiger partial charge in [-0.15, -0.1) is 0 Å². The highest BCUT2D eigenvalue weighted by Gasteiger charge is 2.26. The van der Waals surface area contributed by atoms with Gasteiger partial charge >= 0.3 is 35.8 Å². The summed E-state index contributed by atoms with van der Waals surface area (Å²) in [7, 11) is 5.86. The maximum atomic E-state index is 13.9. The molecular formula is C109H108ClF3N20O13. The normalized spacial score (nSPS) is 12.0. The molecule has 14 heterocycles. The molecule has 750 valence electrons. The molecule has 0 bridgehead atoms. The van der Waals surface area contributed by atoms with Crippen LogP contribution < -0.4 is 0 Å². The SMILES string of the molecule is CC(C)Cn1nc(Cc2cnccc2C(=O)O)c2cc(F)ccc21.CCC(O)Cn1nc(Cc2cnccc2C(=O)O)c2cc(F)ccc21.CCCn1nc(Cc2cnccc2C(=O)O)c2cc(C)ccc21.CN(C)CC#CCn1nc(Cc2cnccc2C(=O)O)c2cc(Cl)ccc21.Cn1cc(Cc2cnccc2C(=O)O)c2cccnc21.O=C(O)c1ccncc1Cc1nn(CCN2CCCC2)c2ccc(F)cc12. The van der Waals surface area contributed by atoms with E-state index in [9.17, 15) is 77.7 Å². The summed E-state index contributed by atoms with van der Waals surface area (Å²) >= 11 is 6.17. The van der Waals surface area contributed by atoms with Crippen molar-refractivity contribution in [2.24, 2.45) is 13.0 Å². The number of aryl methyl sites for hydroxylation is 3. The number of aromatic nitrogens is 18. The lowest BCUT2D eigenvalue weighted by Crippen LogP contribution is -2.24. The molecule has 0 spiro atoms. The number of rotatable bonds is 30. The van der Waals surface area contributed by atoms with Gasteiger partial charge in [-0.2, -0.15) is 25.5 Å². The van der Waals surface area contributed by atoms with Gasteiger partial charge in [-0.25, -0.2) is 46.9 Å². The average molecular weight is 2000 g/mol. The number of carbonyl (C=O) groups is 6. The van der Waals surface area contributed by atoms with E-state index in [1.807, 2.05) is 99.7 Å². The largest absolute Gasteiger partial charge is 0.478 e. The summed E-state index contributed by atoms with van der Waals surface area (Å²) in [6, 6.07) is 38.2. The second-order valence-corrected chi connectivity index (χ2v) is 36.1. The van der Waals surface area contributed by atoms with Crippen molar-refractivity contribution >= 4 is 113 Å². The molecule has 33 nitrogen and oxygen atoms in total. The zero-order valence-corrected chi connectivity index (χ0v) is 82.2. The van der Waals surface area contributed by atoms with Crippen LogP contribution in [0.5, 0.6) is 0 Å². The first-order valence-corrected chi connectivity index (χ1v) is 47.6. The molecule has 37 heteroatoms. The van der Waals surface area contributed by atoms with E-state index in [1.165, 1.54) is 147 Å². The lowest BCUT2D eigenvalue weighted by Gasteiger charge is -2.14. The number of nitrogens with zero attached hydrogens (tertiary/aromatic N) is 20. The van der Waals surface area contributed by atoms with Gasteiger partial charge in [-0.1, -0.05) is 62.8 Å². The van der Waals surface area contributed by atoms with Crippen LogP contribution in [0.1, 0.15) is 189 Å². The van der Waals surface area contributed by atoms with Crippen LogP contribution >= 0.6 is 11.6 Å². The number of halogens is 4. The van der Waals surface area contributed by atoms with Gasteiger partial charge in [0, 0.05) is 189 Å². The standard InChI is InChI=1S/C20H19ClN4O2.C20H21FN4O2.C18H18FN3O3.C18H18FN3O2.C18H19N3O2.C15H13N3O2/c1-24(2)9-3-4-10-25-19-6-5-15(21)12-17(19)18(23-25)11-14-13-22-8-7-16(14)20(26)27;21-15-3-4-19-17(12-15)18(11-14-13-22-6-5-16(14)20(26)27)23-25(19)10-9-24-7-1-2-8-24;1-2-13(23)10-22-17-4-3-12(19)8-15(17)16(21-22)7-11-9-20-6-5-14(11)18(24)25;1-11(2)10-22-17-4-3-13(19)8-15(17)16(21-22)7-12-9-20-6-5-14(12)18(23)24;1-3-8-21-17-5-4-12(2)9-15(17)16(20-21)10-13-11-19-7-6-14(13)18(22)23;1-18-9-11(12-3-2-5-17-14(12)18)7-10-8-16-6-4-13(10)15(19)20/h5-8,12-13H,9-11H2,1-2H3,(H,26,27);3-6,12-13H,1-2,7-11H2,(H,26,27);3-6,8-9,13,23H,2,7,10H2,1H3,(H,24,25);3-6,8-9,11H,7,10H2,1-2H3,(H,23,24);4-7,9,11H,3,8,10H2,1-2H3,(H,22,23);2-6,8-9H,7H2,1H3,(H,19,20). The molecule has 1 saturated heterocycles. The van der Waals surface area contributed by atoms with Crippen molar-refractivity contribution < 1.29 is 77.7 Å². The van der Waals surface area contributed by atoms with Gasteiger partial charge in [0.1, 0.15) is 29.6 Å². The molecular weight excluding hydrogens is 1890 g/mol. The van der Waals surface area contributed by atoms with E-state index in [1.54, 1.807) is 47.7 Å². The molecule has 13 aromatic heterocycles. The van der Waals surface area contributed by atoms with Crippen LogP contribution in [0.25, 0.3) is 65.5 Å². The fourth-order valence-electron chi connectivity index (χ4n) is 17.3. The van der Waals surface area contributed by atoms with Crippen molar-refractivity contribution in [3.05, 3.63) is 355 Å². The van der Waals surface area contributed by atoms with Crippen molar-refractivity contribution in [1.29, 1.82) is 0 Å². The number of aromatic carboxylic acids is 6. The van der Waals surface area contributed by atoms with Gasteiger partial charge in [-0.05, 0) is 238 Å². The van der Waals surface area contributed by atoms with Gasteiger partial charge in [0.15, 0.2) is 0 Å². The second kappa shape index (κ2) is 48.9. The molecule has 0 aliphatic carbocycles. The second-order valence-electron chi connectivity index (χ2n) is 35.7. The molecule has 5 aromatic carbocycles. The number of pyridine rings is 7. The van der Waals surface area contributed by atoms with E-state index in [0.29, 0.717) is 141 Å². The Morgan fingerprint density at radius 1 is 0.411 bits per heavy atom. The highest BCUT2D eigenvalue weighted by Crippen LogP contribution is 2.33. The lowest BCUT2D eigenvalue weighted by atomic mass is 10.0. The maximum absolute atomic E-state index is 13.9. The van der Waals surface area contributed by atoms with Crippen LogP contribution in [0.3, 0.4) is 0 Å². The van der Waals surface area contributed by atoms with Crippen LogP contribution in [0.15, 0.2) is 226 Å². The Labute approximate surface area is 842 Å². The number of carboxylic acids is 6. The molecule has 1 unspecified atom stereocenters. The minimum absolute atomic E-state index is 0.141. The molecule has 0 amide bonds. The highest BCUT2D eigenvalue weighted by atomic mass is 35.5. The molecule has 7 N–H and O–H groups in total. The predicted octanol–water partition coefficient (Wildman–Crippen LogP) is 17.7. The van der Waals surface area contributed by atoms with Crippen molar-refractivity contribution in [3.8, 4) is 11.8 Å². The highest BCUT2D eigenvalue weighted by molar-refractivity contribution is 6.31. The van der Waals surface area contributed by atoms with E-state index in [-0.39, 0.29) is 52.4 Å². The first-order chi connectivity index (χ1) is 70.3. The number of aliphatic hydroxyl groups is 1. The smallest absolute Gasteiger partial charge is 0.336 e. The minimum atomic E-state index is -1.05. The number of aliphatic hydroxyl groups excluding tert-OH is 1. The quantitative estimate of drug-likeness (QED) is 0.0206. The Morgan fingerprint density at radius 3 is 1.16 bits per heavy atom. The van der Waals surface area contributed by atoms with Gasteiger partial charge < -0.3 is 45.2 Å². The maximum Gasteiger partial charge on any atom is 0.336 e. The monoisotopic (exact) mass is 2000 g/mol. The van der Waals surface area contributed by atoms with Crippen LogP contribution in [-0.2, 0) is 78.3 Å². The third kappa shape index (κ3) is 26.4. The molecule has 1 atom stereocenters. The van der Waals surface area contributed by atoms with Crippen molar-refractivity contribution in [3.63, 3.8) is 0 Å². The summed E-state index contributed by atoms with van der Waals surface area (Å²) in [6.45, 7) is 17.0. The third-order valence-electron chi connectivity index (χ3n) is 24.3. The summed E-state index contributed by atoms with van der Waals surface area (Å²) in [6.07, 6.45) is 27.5. The molecule has 0 radical (unpaired) electrons. The zero-order valence-electron chi connectivity index (χ0n) is 81.5. The van der Waals surface area contributed by atoms with Gasteiger partial charge in [0.2, 0.25) is 0 Å². The summed E-state index contributed by atoms with van der Waals surface area (Å²) in [4.78, 5) is 101. The minimum Gasteiger partial charge on any atom is -0.478 e. The number of fused-ring (bicyclic) bond motifs is 6. The lowest BCUT2D eigenvalue weighted by molar-refractivity contribution is 0.0684. The first-order valence-electron chi connectivity index (χ1n) is 47.2. The van der Waals surface area contributed by atoms with E-state index in [2.05, 4.69) is 111 Å². The van der Waals surface area contributed by atoms with Gasteiger partial charge in [0.05, 0.1) is 115 Å². The Balaban J connectivity index is 0.000000139. The average Bonchev–Trinajstić information content (AvgIpc) is 1.73. The molecule has 1 fully saturated rings. The predicted molar refractivity (Wildman–Crippen MR) is 546 cm³/mol. The Morgan fingerprint density at radius 2 is 0.767 bits per heavy atom. The van der Waals surface area contributed by atoms with Crippen LogP contribution in [0.4, 0.5) is 13.2 Å². The van der Waals surface area contributed by atoms with E-state index >= 15 is 0 Å². The van der Waals surface area contributed by atoms with Crippen molar-refractivity contribution in [2.45, 2.75) is 138 Å². The zero-order chi connectivity index (χ0) is 104. The number of carboxylic acid groups (broad SMARTS) is 6. The first kappa shape index (κ1) is 105. The van der Waals surface area contributed by atoms with Crippen molar-refractivity contribution in [2.75, 3.05) is 40.3 Å². The Bertz CT molecular complexity index is 7870. The van der Waals surface area contributed by atoms with Gasteiger partial charge in [0.25, 0.3) is 0 Å². The van der Waals surface area contributed by atoms with Gasteiger partial charge in [-0.3, -0.25) is 58.2 Å². The fraction of sp³-hybridized carbons (Fsp3) is 0.266. The summed E-state index contributed by atoms with van der Waals surface area (Å²) in [5.41, 5.74) is 16.0. The molecule has 19 rings (SSSR count). The summed E-state index contributed by atoms with van der Waals surface area (Å²) < 4.78 is 52.4. The molecule has 18 aromatic rings. The third-order valence-corrected chi connectivity index (χ3v) is 24.6. The topological polar surface area (TPSA) is 435 Å². The van der Waals surface area contributed by atoms with E-state index in [4.69, 9.17) is 16.7 Å². The molecule has 1 aliphatic rings. The molecule has 1 aliphatic heterocycles. The van der Waals surface area contributed by atoms with E-state index in [0.717, 1.165) is 105 Å². The van der Waals surface area contributed by atoms with Crippen LogP contribution in [-0.4, -0.2) is 216 Å². The molecule has 146 heavy (non-hydrogen) atoms.